The minimum Gasteiger partial charge on any atom is -0.456 e. The quantitative estimate of drug-likeness (QED) is 0.170. The lowest BCUT2D eigenvalue weighted by molar-refractivity contribution is 0.669. The highest BCUT2D eigenvalue weighted by molar-refractivity contribution is 7.26. The van der Waals surface area contributed by atoms with Crippen LogP contribution in [0.3, 0.4) is 0 Å². The highest BCUT2D eigenvalue weighted by Gasteiger charge is 2.22. The van der Waals surface area contributed by atoms with Crippen LogP contribution in [0.5, 0.6) is 0 Å². The van der Waals surface area contributed by atoms with E-state index in [1.165, 1.54) is 47.6 Å². The van der Waals surface area contributed by atoms with E-state index in [-0.39, 0.29) is 0 Å². The van der Waals surface area contributed by atoms with Crippen molar-refractivity contribution in [1.82, 2.24) is 0 Å². The molecular weight excluding hydrogens is 687 g/mol. The molecule has 0 N–H and O–H groups in total. The van der Waals surface area contributed by atoms with Crippen molar-refractivity contribution in [2.75, 3.05) is 4.90 Å². The molecule has 0 bridgehead atoms. The third-order valence-corrected chi connectivity index (χ3v) is 12.0. The van der Waals surface area contributed by atoms with E-state index in [9.17, 15) is 0 Å². The van der Waals surface area contributed by atoms with Crippen molar-refractivity contribution in [1.29, 1.82) is 0 Å². The van der Waals surface area contributed by atoms with Crippen LogP contribution in [0.15, 0.2) is 205 Å². The van der Waals surface area contributed by atoms with Crippen LogP contribution in [0.4, 0.5) is 17.1 Å². The summed E-state index contributed by atoms with van der Waals surface area (Å²) in [6.45, 7) is 0. The Hall–Kier alpha value is -6.94. The molecule has 0 saturated carbocycles. The van der Waals surface area contributed by atoms with Gasteiger partial charge in [-0.3, -0.25) is 0 Å². The number of hydrogen-bond acceptors (Lipinski definition) is 3. The van der Waals surface area contributed by atoms with Crippen molar-refractivity contribution in [3.63, 3.8) is 0 Å². The van der Waals surface area contributed by atoms with Gasteiger partial charge < -0.3 is 9.32 Å². The molecule has 2 heterocycles. The van der Waals surface area contributed by atoms with E-state index in [0.717, 1.165) is 55.7 Å². The third kappa shape index (κ3) is 5.32. The summed E-state index contributed by atoms with van der Waals surface area (Å²) in [5.41, 5.74) is 12.2. The van der Waals surface area contributed by atoms with Crippen molar-refractivity contribution < 1.29 is 4.42 Å². The molecule has 258 valence electrons. The van der Waals surface area contributed by atoms with Gasteiger partial charge >= 0.3 is 0 Å². The van der Waals surface area contributed by atoms with E-state index >= 15 is 0 Å². The number of rotatable bonds is 6. The van der Waals surface area contributed by atoms with Gasteiger partial charge in [-0.05, 0) is 99.3 Å². The lowest BCUT2D eigenvalue weighted by atomic mass is 9.95. The number of thiophene rings is 1. The minimum atomic E-state index is 0.896. The Morgan fingerprint density at radius 2 is 0.982 bits per heavy atom. The number of furan rings is 1. The van der Waals surface area contributed by atoms with Gasteiger partial charge in [-0.25, -0.2) is 0 Å². The van der Waals surface area contributed by atoms with Gasteiger partial charge in [0.05, 0.1) is 11.4 Å². The molecule has 0 fully saturated rings. The SMILES string of the molecule is c1cc(-c2cccc(N(c3ccccc3-c3ccc4oc5ccccc5c4c3)c3cccc4sc5ccccc5c34)c2)cc(-c2cccc3ccccc23)c1. The fourth-order valence-electron chi connectivity index (χ4n) is 8.32. The van der Waals surface area contributed by atoms with E-state index in [1.54, 1.807) is 0 Å². The van der Waals surface area contributed by atoms with Crippen LogP contribution in [-0.4, -0.2) is 0 Å². The van der Waals surface area contributed by atoms with Crippen LogP contribution in [0.1, 0.15) is 0 Å². The standard InChI is InChI=1S/C52H33NOS/c1-2-19-40-34(13-1)14-11-23-41(40)37-17-9-15-35(31-37)36-16-10-18-39(32-36)53(47-25-12-28-51-52(47)44-22-5-8-27-50(44)55-51)46-24-6-3-20-42(46)38-29-30-49-45(33-38)43-21-4-7-26-48(43)54-49/h1-33H. The number of hydrogen-bond donors (Lipinski definition) is 0. The molecule has 0 amide bonds. The number of fused-ring (bicyclic) bond motifs is 7. The van der Waals surface area contributed by atoms with Crippen molar-refractivity contribution in [2.45, 2.75) is 0 Å². The summed E-state index contributed by atoms with van der Waals surface area (Å²) < 4.78 is 8.80. The van der Waals surface area contributed by atoms with Gasteiger partial charge in [0.1, 0.15) is 11.2 Å². The minimum absolute atomic E-state index is 0.896. The number of anilines is 3. The zero-order valence-corrected chi connectivity index (χ0v) is 30.6. The summed E-state index contributed by atoms with van der Waals surface area (Å²) in [5, 5.41) is 7.28. The van der Waals surface area contributed by atoms with Gasteiger partial charge in [0.2, 0.25) is 0 Å². The molecule has 0 radical (unpaired) electrons. The predicted molar refractivity (Wildman–Crippen MR) is 235 cm³/mol. The number of para-hydroxylation sites is 2. The molecule has 2 nitrogen and oxygen atoms in total. The first-order valence-electron chi connectivity index (χ1n) is 18.7. The Bertz CT molecular complexity index is 3240. The van der Waals surface area contributed by atoms with Crippen LogP contribution < -0.4 is 4.90 Å². The monoisotopic (exact) mass is 719 g/mol. The van der Waals surface area contributed by atoms with Crippen molar-refractivity contribution >= 4 is 81.3 Å². The van der Waals surface area contributed by atoms with E-state index in [4.69, 9.17) is 4.42 Å². The van der Waals surface area contributed by atoms with Crippen LogP contribution in [0, 0.1) is 0 Å². The summed E-state index contributed by atoms with van der Waals surface area (Å²) in [4.78, 5) is 2.46. The maximum absolute atomic E-state index is 6.24. The molecule has 55 heavy (non-hydrogen) atoms. The first-order valence-corrected chi connectivity index (χ1v) is 19.5. The number of nitrogens with zero attached hydrogens (tertiary/aromatic N) is 1. The van der Waals surface area contributed by atoms with Crippen LogP contribution in [0.25, 0.3) is 86.3 Å². The Morgan fingerprint density at radius 1 is 0.364 bits per heavy atom. The molecule has 0 aliphatic rings. The average molecular weight is 720 g/mol. The largest absolute Gasteiger partial charge is 0.456 e. The Balaban J connectivity index is 1.12. The average Bonchev–Trinajstić information content (AvgIpc) is 3.83. The molecule has 0 atom stereocenters. The smallest absolute Gasteiger partial charge is 0.135 e. The normalized spacial score (nSPS) is 11.6. The van der Waals surface area contributed by atoms with E-state index < -0.39 is 0 Å². The second kappa shape index (κ2) is 12.9. The first kappa shape index (κ1) is 31.6. The topological polar surface area (TPSA) is 16.4 Å². The zero-order valence-electron chi connectivity index (χ0n) is 29.8. The number of benzene rings is 9. The van der Waals surface area contributed by atoms with Crippen molar-refractivity contribution in [3.05, 3.63) is 200 Å². The fraction of sp³-hybridized carbons (Fsp3) is 0. The van der Waals surface area contributed by atoms with Crippen LogP contribution in [0.2, 0.25) is 0 Å². The van der Waals surface area contributed by atoms with Gasteiger partial charge in [-0.15, -0.1) is 11.3 Å². The first-order chi connectivity index (χ1) is 27.3. The Labute approximate surface area is 322 Å². The summed E-state index contributed by atoms with van der Waals surface area (Å²) >= 11 is 1.85. The Morgan fingerprint density at radius 3 is 1.93 bits per heavy atom. The molecule has 11 aromatic rings. The molecular formula is C52H33NOS. The molecule has 2 aromatic heterocycles. The molecule has 0 unspecified atom stereocenters. The van der Waals surface area contributed by atoms with E-state index in [0.29, 0.717) is 0 Å². The van der Waals surface area contributed by atoms with Gasteiger partial charge in [0.15, 0.2) is 0 Å². The Kier molecular flexibility index (Phi) is 7.39. The van der Waals surface area contributed by atoms with E-state index in [1.807, 2.05) is 23.5 Å². The molecule has 9 aromatic carbocycles. The second-order valence-corrected chi connectivity index (χ2v) is 15.2. The maximum Gasteiger partial charge on any atom is 0.135 e. The van der Waals surface area contributed by atoms with Crippen LogP contribution in [-0.2, 0) is 0 Å². The van der Waals surface area contributed by atoms with Crippen LogP contribution >= 0.6 is 11.3 Å². The molecule has 3 heteroatoms. The van der Waals surface area contributed by atoms with Crippen molar-refractivity contribution in [2.24, 2.45) is 0 Å². The van der Waals surface area contributed by atoms with Crippen molar-refractivity contribution in [3.8, 4) is 33.4 Å². The van der Waals surface area contributed by atoms with Gasteiger partial charge in [-0.1, -0.05) is 140 Å². The van der Waals surface area contributed by atoms with Gasteiger partial charge in [0.25, 0.3) is 0 Å². The summed E-state index contributed by atoms with van der Waals surface area (Å²) in [6.07, 6.45) is 0. The predicted octanol–water partition coefficient (Wildman–Crippen LogP) is 15.6. The fourth-order valence-corrected chi connectivity index (χ4v) is 9.45. The zero-order chi connectivity index (χ0) is 36.3. The summed E-state index contributed by atoms with van der Waals surface area (Å²) in [7, 11) is 0. The maximum atomic E-state index is 6.24. The van der Waals surface area contributed by atoms with Gasteiger partial charge in [-0.2, -0.15) is 0 Å². The molecule has 0 saturated heterocycles. The molecule has 0 spiro atoms. The third-order valence-electron chi connectivity index (χ3n) is 10.9. The summed E-state index contributed by atoms with van der Waals surface area (Å²) in [5.74, 6) is 0. The van der Waals surface area contributed by atoms with Gasteiger partial charge in [0, 0.05) is 42.2 Å². The van der Waals surface area contributed by atoms with E-state index in [2.05, 4.69) is 193 Å². The lowest BCUT2D eigenvalue weighted by Gasteiger charge is -2.29. The highest BCUT2D eigenvalue weighted by Crippen LogP contribution is 2.48. The summed E-state index contributed by atoms with van der Waals surface area (Å²) in [6, 6.07) is 72.4. The molecule has 0 aliphatic carbocycles. The lowest BCUT2D eigenvalue weighted by Crippen LogP contribution is -2.11. The second-order valence-electron chi connectivity index (χ2n) is 14.1. The highest BCUT2D eigenvalue weighted by atomic mass is 32.1. The molecule has 11 rings (SSSR count). The molecule has 0 aliphatic heterocycles.